The van der Waals surface area contributed by atoms with Gasteiger partial charge in [-0.1, -0.05) is 0 Å². The molecule has 0 aliphatic heterocycles. The molecule has 1 radical (unpaired) electrons. The van der Waals surface area contributed by atoms with E-state index >= 15 is 0 Å². The van der Waals surface area contributed by atoms with Gasteiger partial charge in [-0.25, -0.2) is 0 Å². The molecular weight excluding hydrogens is 204 g/mol. The van der Waals surface area contributed by atoms with Gasteiger partial charge in [-0.3, -0.25) is 0 Å². The number of hydrogen-bond acceptors (Lipinski definition) is 4. The summed E-state index contributed by atoms with van der Waals surface area (Å²) in [4.78, 5) is 0. The van der Waals surface area contributed by atoms with Crippen LogP contribution in [0.5, 0.6) is 0 Å². The van der Waals surface area contributed by atoms with Crippen molar-refractivity contribution in [3.05, 3.63) is 0 Å². The molecule has 4 N–H and O–H groups in total. The van der Waals surface area contributed by atoms with E-state index in [4.69, 9.17) is 0 Å². The van der Waals surface area contributed by atoms with Crippen LogP contribution in [0.4, 0.5) is 0 Å². The van der Waals surface area contributed by atoms with Crippen LogP contribution in [0.2, 0.25) is 0 Å². The first-order valence-electron chi connectivity index (χ1n) is 0. The third kappa shape index (κ3) is 36.5. The van der Waals surface area contributed by atoms with E-state index in [1.54, 1.807) is 0 Å². The van der Waals surface area contributed by atoms with Gasteiger partial charge in [0.1, 0.15) is 0 Å². The molecule has 0 bridgehead atoms. The maximum Gasteiger partial charge on any atom is 3.00 e. The van der Waals surface area contributed by atoms with Crippen molar-refractivity contribution in [2.45, 2.75) is 0 Å². The molecule has 0 aliphatic carbocycles. The van der Waals surface area contributed by atoms with Gasteiger partial charge < -0.3 is 21.9 Å². The molecule has 0 aromatic rings. The Hall–Kier alpha value is 1.22. The van der Waals surface area contributed by atoms with Gasteiger partial charge in [-0.2, -0.15) is 0 Å². The maximum absolute atomic E-state index is 0. The van der Waals surface area contributed by atoms with Crippen LogP contribution in [0.15, 0.2) is 0 Å². The van der Waals surface area contributed by atoms with Crippen molar-refractivity contribution in [1.82, 2.24) is 0 Å². The van der Waals surface area contributed by atoms with Crippen LogP contribution in [-0.2, 0) is 0 Å². The summed E-state index contributed by atoms with van der Waals surface area (Å²) >= 11 is 0. The first kappa shape index (κ1) is 114. The Balaban J connectivity index is 0. The third-order valence-corrected chi connectivity index (χ3v) is 0. The van der Waals surface area contributed by atoms with Crippen molar-refractivity contribution in [3.63, 3.8) is 0 Å². The molecule has 0 heterocycles. The van der Waals surface area contributed by atoms with Crippen LogP contribution in [0.25, 0.3) is 0 Å². The minimum atomic E-state index is 0. The Kier molecular flexibility index (Phi) is 1430. The fourth-order valence-electron chi connectivity index (χ4n) is 0. The summed E-state index contributed by atoms with van der Waals surface area (Å²) in [5.74, 6) is 0. The van der Waals surface area contributed by atoms with Gasteiger partial charge in [0, 0.05) is 0 Å². The molecule has 0 amide bonds. The van der Waals surface area contributed by atoms with Crippen molar-refractivity contribution in [2.24, 2.45) is 0 Å². The summed E-state index contributed by atoms with van der Waals surface area (Å²) in [6, 6.07) is 0. The molecule has 0 fully saturated rings. The Morgan fingerprint density at radius 1 is 0.400 bits per heavy atom. The average Bonchev–Trinajstić information content (AvgIpc) is 0. The molecule has 0 aromatic carbocycles. The van der Waals surface area contributed by atoms with Gasteiger partial charge in [0.15, 0.2) is 0 Å². The topological polar surface area (TPSA) is 120 Å². The molecule has 0 saturated carbocycles. The third-order valence-electron chi connectivity index (χ3n) is 0. The van der Waals surface area contributed by atoms with Crippen LogP contribution in [0.1, 0.15) is 0 Å². The van der Waals surface area contributed by atoms with E-state index in [1.807, 2.05) is 0 Å². The van der Waals surface area contributed by atoms with E-state index in [2.05, 4.69) is 0 Å². The summed E-state index contributed by atoms with van der Waals surface area (Å²) in [7, 11) is 0. The monoisotopic (exact) mass is 208 g/mol. The molecule has 0 atom stereocenters. The van der Waals surface area contributed by atoms with E-state index in [9.17, 15) is 0 Å². The molecule has 33 valence electrons. The van der Waals surface area contributed by atoms with E-state index in [0.29, 0.717) is 0 Å². The van der Waals surface area contributed by atoms with Crippen molar-refractivity contribution in [1.29, 1.82) is 0 Å². The number of hydrogen-bond donors (Lipinski definition) is 0. The Bertz CT molecular complexity index is 3.61. The van der Waals surface area contributed by atoms with Gasteiger partial charge in [0.25, 0.3) is 0 Å². The van der Waals surface area contributed by atoms with Gasteiger partial charge in [0.05, 0.1) is 0 Å². The van der Waals surface area contributed by atoms with Crippen molar-refractivity contribution in [2.75, 3.05) is 0 Å². The fraction of sp³-hybridized carbons (Fsp3) is 0. The smallest absolute Gasteiger partial charge is 0.870 e. The molecule has 5 heavy (non-hydrogen) atoms. The summed E-state index contributed by atoms with van der Waals surface area (Å²) in [6.07, 6.45) is 0. The molecule has 4 nitrogen and oxygen atoms in total. The van der Waals surface area contributed by atoms with E-state index in [0.717, 1.165) is 0 Å². The van der Waals surface area contributed by atoms with Crippen LogP contribution < -0.4 is 0 Å². The van der Waals surface area contributed by atoms with Gasteiger partial charge >= 0.3 is 41.7 Å². The zero-order valence-corrected chi connectivity index (χ0v) is 5.43. The zero-order valence-electron chi connectivity index (χ0n) is 2.29. The molecule has 0 saturated heterocycles. The second-order valence-electron chi connectivity index (χ2n) is 0. The van der Waals surface area contributed by atoms with Crippen LogP contribution >= 0.6 is 0 Å². The predicted octanol–water partition coefficient (Wildman–Crippen LogP) is -0.707. The van der Waals surface area contributed by atoms with Crippen LogP contribution in [0.3, 0.4) is 0 Å². The van der Waals surface area contributed by atoms with Crippen molar-refractivity contribution in [3.8, 4) is 0 Å². The molecular formula is H4CeO4-. The molecule has 0 rings (SSSR count). The molecule has 0 aromatic heterocycles. The summed E-state index contributed by atoms with van der Waals surface area (Å²) in [5, 5.41) is 0. The van der Waals surface area contributed by atoms with Crippen molar-refractivity contribution >= 4 is 0 Å². The molecule has 0 aliphatic rings. The Morgan fingerprint density at radius 2 is 0.400 bits per heavy atom. The summed E-state index contributed by atoms with van der Waals surface area (Å²) in [6.45, 7) is 0. The molecule has 0 spiro atoms. The average molecular weight is 208 g/mol. The minimum absolute atomic E-state index is 0. The minimum Gasteiger partial charge on any atom is -0.870 e. The van der Waals surface area contributed by atoms with Gasteiger partial charge in [0.2, 0.25) is 0 Å². The molecule has 0 unspecified atom stereocenters. The van der Waals surface area contributed by atoms with Gasteiger partial charge in [-0.05, 0) is 0 Å². The van der Waals surface area contributed by atoms with Gasteiger partial charge in [-0.15, -0.1) is 0 Å². The summed E-state index contributed by atoms with van der Waals surface area (Å²) < 4.78 is 0. The number of rotatable bonds is 0. The largest absolute Gasteiger partial charge is 3.00 e. The van der Waals surface area contributed by atoms with Crippen LogP contribution in [0, 0.1) is 41.7 Å². The zero-order chi connectivity index (χ0) is 0. The van der Waals surface area contributed by atoms with E-state index < -0.39 is 0 Å². The predicted molar refractivity (Wildman–Crippen MR) is 7.74 cm³/mol. The second-order valence-corrected chi connectivity index (χ2v) is 0. The Morgan fingerprint density at radius 3 is 0.400 bits per heavy atom. The first-order chi connectivity index (χ1) is 0. The second kappa shape index (κ2) is 62.7. The molecule has 5 heteroatoms. The Labute approximate surface area is 63.2 Å². The normalized spacial score (nSPS) is 0. The maximum atomic E-state index is 0. The first-order valence-corrected chi connectivity index (χ1v) is 0. The fourth-order valence-corrected chi connectivity index (χ4v) is 0. The quantitative estimate of drug-likeness (QED) is 0.522. The van der Waals surface area contributed by atoms with E-state index in [1.165, 1.54) is 0 Å². The van der Waals surface area contributed by atoms with Crippen molar-refractivity contribution < 1.29 is 63.7 Å². The standard InChI is InChI=1S/Ce.4H2O/h;4*1H2/q+3;;;;/p-4. The summed E-state index contributed by atoms with van der Waals surface area (Å²) in [5.41, 5.74) is 0. The van der Waals surface area contributed by atoms with Crippen LogP contribution in [-0.4, -0.2) is 21.9 Å². The SMILES string of the molecule is [Ce+3].[OH-].[OH-].[OH-].[OH-]. The van der Waals surface area contributed by atoms with E-state index in [-0.39, 0.29) is 63.7 Å².